The van der Waals surface area contributed by atoms with Crippen LogP contribution in [0.2, 0.25) is 5.02 Å². The van der Waals surface area contributed by atoms with E-state index in [-0.39, 0.29) is 10.8 Å². The number of rotatable bonds is 4. The molecular weight excluding hydrogens is 255 g/mol. The summed E-state index contributed by atoms with van der Waals surface area (Å²) < 4.78 is 19.0. The van der Waals surface area contributed by atoms with Crippen LogP contribution in [-0.2, 0) is 0 Å². The van der Waals surface area contributed by atoms with Crippen LogP contribution in [-0.4, -0.2) is 11.5 Å². The highest BCUT2D eigenvalue weighted by Gasteiger charge is 2.09. The average Bonchev–Trinajstić information content (AvgIpc) is 2.36. The van der Waals surface area contributed by atoms with E-state index in [1.54, 1.807) is 18.2 Å². The molecule has 0 aliphatic heterocycles. The van der Waals surface area contributed by atoms with E-state index >= 15 is 0 Å². The first-order chi connectivity index (χ1) is 8.70. The van der Waals surface area contributed by atoms with E-state index in [0.717, 1.165) is 6.54 Å². The van der Waals surface area contributed by atoms with E-state index in [9.17, 15) is 4.39 Å². The molecule has 3 nitrogen and oxygen atoms in total. The molecule has 1 aromatic carbocycles. The van der Waals surface area contributed by atoms with Gasteiger partial charge in [0.05, 0.1) is 5.02 Å². The van der Waals surface area contributed by atoms with Crippen LogP contribution in [0.25, 0.3) is 0 Å². The summed E-state index contributed by atoms with van der Waals surface area (Å²) in [7, 11) is 0. The van der Waals surface area contributed by atoms with Gasteiger partial charge in [0.25, 0.3) is 0 Å². The van der Waals surface area contributed by atoms with E-state index in [1.165, 1.54) is 12.1 Å². The summed E-state index contributed by atoms with van der Waals surface area (Å²) in [4.78, 5) is 4.19. The number of ether oxygens (including phenoxy) is 1. The Labute approximate surface area is 110 Å². The van der Waals surface area contributed by atoms with Crippen LogP contribution in [0.4, 0.5) is 10.2 Å². The number of nitrogens with one attached hydrogen (secondary N) is 1. The molecule has 0 amide bonds. The van der Waals surface area contributed by atoms with Gasteiger partial charge < -0.3 is 10.1 Å². The van der Waals surface area contributed by atoms with Crippen molar-refractivity contribution in [2.75, 3.05) is 11.9 Å². The third kappa shape index (κ3) is 2.90. The molecule has 2 rings (SSSR count). The van der Waals surface area contributed by atoms with E-state index in [2.05, 4.69) is 10.3 Å². The summed E-state index contributed by atoms with van der Waals surface area (Å²) in [5.41, 5.74) is 0. The van der Waals surface area contributed by atoms with Crippen molar-refractivity contribution >= 4 is 17.4 Å². The van der Waals surface area contributed by atoms with Crippen molar-refractivity contribution in [1.29, 1.82) is 0 Å². The summed E-state index contributed by atoms with van der Waals surface area (Å²) in [6, 6.07) is 9.83. The van der Waals surface area contributed by atoms with Crippen molar-refractivity contribution in [2.24, 2.45) is 0 Å². The summed E-state index contributed by atoms with van der Waals surface area (Å²) in [6.45, 7) is 2.72. The number of hydrogen-bond donors (Lipinski definition) is 1. The van der Waals surface area contributed by atoms with Gasteiger partial charge >= 0.3 is 0 Å². The molecule has 0 saturated heterocycles. The Morgan fingerprint density at radius 1 is 1.28 bits per heavy atom. The number of anilines is 1. The number of aromatic nitrogens is 1. The fourth-order valence-corrected chi connectivity index (χ4v) is 1.59. The van der Waals surface area contributed by atoms with Crippen molar-refractivity contribution in [2.45, 2.75) is 6.92 Å². The molecule has 1 aromatic heterocycles. The minimum absolute atomic E-state index is 0.0235. The highest BCUT2D eigenvalue weighted by Crippen LogP contribution is 2.28. The maximum atomic E-state index is 13.6. The number of hydrogen-bond acceptors (Lipinski definition) is 3. The van der Waals surface area contributed by atoms with Crippen molar-refractivity contribution < 1.29 is 9.13 Å². The molecule has 0 saturated carbocycles. The van der Waals surface area contributed by atoms with Gasteiger partial charge in [-0.15, -0.1) is 0 Å². The second kappa shape index (κ2) is 5.69. The van der Waals surface area contributed by atoms with Crippen LogP contribution in [0.5, 0.6) is 11.6 Å². The molecule has 0 bridgehead atoms. The first kappa shape index (κ1) is 12.6. The lowest BCUT2D eigenvalue weighted by molar-refractivity contribution is 0.428. The van der Waals surface area contributed by atoms with Gasteiger partial charge in [-0.05, 0) is 25.1 Å². The number of benzene rings is 1. The Bertz CT molecular complexity index is 548. The van der Waals surface area contributed by atoms with Crippen molar-refractivity contribution in [3.05, 3.63) is 47.2 Å². The molecule has 0 unspecified atom stereocenters. The first-order valence-electron chi connectivity index (χ1n) is 5.53. The normalized spacial score (nSPS) is 10.2. The summed E-state index contributed by atoms with van der Waals surface area (Å²) >= 11 is 5.67. The summed E-state index contributed by atoms with van der Waals surface area (Å²) in [5, 5.41) is 3.07. The Hall–Kier alpha value is -1.81. The van der Waals surface area contributed by atoms with Crippen LogP contribution in [0, 0.1) is 5.82 Å². The minimum atomic E-state index is -0.588. The summed E-state index contributed by atoms with van der Waals surface area (Å²) in [6.07, 6.45) is 0. The lowest BCUT2D eigenvalue weighted by Gasteiger charge is -2.08. The van der Waals surface area contributed by atoms with E-state index in [0.29, 0.717) is 11.7 Å². The Balaban J connectivity index is 2.23. The molecule has 94 valence electrons. The largest absolute Gasteiger partial charge is 0.436 e. The van der Waals surface area contributed by atoms with E-state index in [4.69, 9.17) is 16.3 Å². The van der Waals surface area contributed by atoms with Crippen LogP contribution < -0.4 is 10.1 Å². The third-order valence-electron chi connectivity index (χ3n) is 2.21. The predicted octanol–water partition coefficient (Wildman–Crippen LogP) is 4.10. The highest BCUT2D eigenvalue weighted by molar-refractivity contribution is 6.30. The maximum Gasteiger partial charge on any atom is 0.221 e. The zero-order chi connectivity index (χ0) is 13.0. The van der Waals surface area contributed by atoms with Gasteiger partial charge in [0.15, 0.2) is 11.6 Å². The van der Waals surface area contributed by atoms with Crippen molar-refractivity contribution in [1.82, 2.24) is 4.98 Å². The predicted molar refractivity (Wildman–Crippen MR) is 69.9 cm³/mol. The van der Waals surface area contributed by atoms with Crippen LogP contribution in [0.15, 0.2) is 36.4 Å². The van der Waals surface area contributed by atoms with Crippen LogP contribution in [0.1, 0.15) is 6.92 Å². The van der Waals surface area contributed by atoms with E-state index in [1.807, 2.05) is 13.0 Å². The highest BCUT2D eigenvalue weighted by atomic mass is 35.5. The SMILES string of the molecule is CCNc1cccc(Oc2cccc(Cl)c2F)n1. The molecule has 1 heterocycles. The average molecular weight is 267 g/mol. The standard InChI is InChI=1S/C13H12ClFN2O/c1-2-16-11-7-4-8-12(17-11)18-10-6-3-5-9(14)13(10)15/h3-8H,2H2,1H3,(H,16,17). The fourth-order valence-electron chi connectivity index (χ4n) is 1.43. The molecule has 5 heteroatoms. The Morgan fingerprint density at radius 2 is 2.06 bits per heavy atom. The maximum absolute atomic E-state index is 13.6. The number of pyridine rings is 1. The van der Waals surface area contributed by atoms with Gasteiger partial charge in [-0.3, -0.25) is 0 Å². The lowest BCUT2D eigenvalue weighted by Crippen LogP contribution is -2.00. The molecule has 18 heavy (non-hydrogen) atoms. The van der Waals surface area contributed by atoms with Crippen molar-refractivity contribution in [3.63, 3.8) is 0 Å². The van der Waals surface area contributed by atoms with Gasteiger partial charge in [-0.2, -0.15) is 4.98 Å². The molecule has 2 aromatic rings. The minimum Gasteiger partial charge on any atom is -0.436 e. The zero-order valence-corrected chi connectivity index (χ0v) is 10.5. The quantitative estimate of drug-likeness (QED) is 0.905. The molecule has 0 aliphatic rings. The van der Waals surface area contributed by atoms with Gasteiger partial charge in [-0.1, -0.05) is 23.7 Å². The molecular formula is C13H12ClFN2O. The molecule has 0 radical (unpaired) electrons. The molecule has 0 aliphatic carbocycles. The van der Waals surface area contributed by atoms with E-state index < -0.39 is 5.82 Å². The molecule has 1 N–H and O–H groups in total. The lowest BCUT2D eigenvalue weighted by atomic mass is 10.3. The summed E-state index contributed by atoms with van der Waals surface area (Å²) in [5.74, 6) is 0.463. The third-order valence-corrected chi connectivity index (χ3v) is 2.50. The fraction of sp³-hybridized carbons (Fsp3) is 0.154. The molecule has 0 fully saturated rings. The van der Waals surface area contributed by atoms with Gasteiger partial charge in [0.1, 0.15) is 5.82 Å². The van der Waals surface area contributed by atoms with Gasteiger partial charge in [-0.25, -0.2) is 4.39 Å². The first-order valence-corrected chi connectivity index (χ1v) is 5.91. The second-order valence-electron chi connectivity index (χ2n) is 3.55. The smallest absolute Gasteiger partial charge is 0.221 e. The number of nitrogens with zero attached hydrogens (tertiary/aromatic N) is 1. The van der Waals surface area contributed by atoms with Crippen LogP contribution in [0.3, 0.4) is 0 Å². The monoisotopic (exact) mass is 266 g/mol. The topological polar surface area (TPSA) is 34.1 Å². The Morgan fingerprint density at radius 3 is 2.83 bits per heavy atom. The van der Waals surface area contributed by atoms with Gasteiger partial charge in [0.2, 0.25) is 5.88 Å². The number of halogens is 2. The zero-order valence-electron chi connectivity index (χ0n) is 9.78. The van der Waals surface area contributed by atoms with Crippen molar-refractivity contribution in [3.8, 4) is 11.6 Å². The molecule has 0 atom stereocenters. The molecule has 0 spiro atoms. The second-order valence-corrected chi connectivity index (χ2v) is 3.95. The van der Waals surface area contributed by atoms with Crippen LogP contribution >= 0.6 is 11.6 Å². The Kier molecular flexibility index (Phi) is 3.99. The van der Waals surface area contributed by atoms with Gasteiger partial charge in [0, 0.05) is 12.6 Å².